The minimum Gasteiger partial charge on any atom is -0.347 e. The summed E-state index contributed by atoms with van der Waals surface area (Å²) >= 11 is 1.72. The fourth-order valence-corrected chi connectivity index (χ4v) is 2.78. The Hall–Kier alpha value is -1.94. The van der Waals surface area contributed by atoms with Crippen LogP contribution < -0.4 is 4.90 Å². The maximum atomic E-state index is 4.64. The van der Waals surface area contributed by atoms with Gasteiger partial charge in [-0.1, -0.05) is 23.5 Å². The van der Waals surface area contributed by atoms with Crippen LogP contribution >= 0.6 is 11.3 Å². The molecule has 0 N–H and O–H groups in total. The molecule has 0 saturated carbocycles. The molecule has 1 aromatic carbocycles. The van der Waals surface area contributed by atoms with E-state index in [0.29, 0.717) is 0 Å². The lowest BCUT2D eigenvalue weighted by Crippen LogP contribution is -2.15. The average molecular weight is 255 g/mol. The summed E-state index contributed by atoms with van der Waals surface area (Å²) in [5.41, 5.74) is 2.31. The molecule has 0 radical (unpaired) electrons. The monoisotopic (exact) mass is 255 g/mol. The van der Waals surface area contributed by atoms with Gasteiger partial charge in [-0.3, -0.25) is 4.98 Å². The highest BCUT2D eigenvalue weighted by Gasteiger charge is 2.08. The molecule has 0 saturated heterocycles. The molecular weight excluding hydrogens is 242 g/mol. The van der Waals surface area contributed by atoms with Gasteiger partial charge in [-0.15, -0.1) is 0 Å². The number of fused-ring (bicyclic) bond motifs is 1. The van der Waals surface area contributed by atoms with Crippen molar-refractivity contribution in [2.75, 3.05) is 11.9 Å². The van der Waals surface area contributed by atoms with Gasteiger partial charge in [-0.2, -0.15) is 0 Å². The Morgan fingerprint density at radius 1 is 1.11 bits per heavy atom. The fourth-order valence-electron chi connectivity index (χ4n) is 1.85. The number of anilines is 1. The van der Waals surface area contributed by atoms with E-state index in [1.54, 1.807) is 11.3 Å². The molecule has 0 fully saturated rings. The zero-order chi connectivity index (χ0) is 12.4. The standard InChI is InChI=1S/C14H13N3S/c1-17(10-11-6-8-15-9-7-11)14-16-12-4-2-3-5-13(12)18-14/h2-9H,10H2,1H3. The molecule has 3 rings (SSSR count). The molecule has 0 spiro atoms. The van der Waals surface area contributed by atoms with Gasteiger partial charge in [0.05, 0.1) is 10.2 Å². The lowest BCUT2D eigenvalue weighted by Gasteiger charge is -2.15. The number of para-hydroxylation sites is 1. The van der Waals surface area contributed by atoms with Crippen LogP contribution in [0.25, 0.3) is 10.2 Å². The molecule has 3 nitrogen and oxygen atoms in total. The first-order valence-corrected chi connectivity index (χ1v) is 6.60. The molecule has 2 heterocycles. The van der Waals surface area contributed by atoms with Gasteiger partial charge in [0.1, 0.15) is 0 Å². The van der Waals surface area contributed by atoms with Crippen LogP contribution in [0.4, 0.5) is 5.13 Å². The van der Waals surface area contributed by atoms with E-state index in [1.807, 2.05) is 36.7 Å². The van der Waals surface area contributed by atoms with Gasteiger partial charge in [-0.05, 0) is 29.8 Å². The molecule has 0 amide bonds. The van der Waals surface area contributed by atoms with Crippen LogP contribution in [0.15, 0.2) is 48.8 Å². The lowest BCUT2D eigenvalue weighted by molar-refractivity contribution is 0.914. The Morgan fingerprint density at radius 3 is 2.67 bits per heavy atom. The first-order valence-electron chi connectivity index (χ1n) is 5.78. The second-order valence-corrected chi connectivity index (χ2v) is 5.18. The van der Waals surface area contributed by atoms with Crippen molar-refractivity contribution in [3.8, 4) is 0 Å². The van der Waals surface area contributed by atoms with Crippen molar-refractivity contribution in [3.05, 3.63) is 54.4 Å². The summed E-state index contributed by atoms with van der Waals surface area (Å²) in [5, 5.41) is 1.05. The topological polar surface area (TPSA) is 29.0 Å². The minimum absolute atomic E-state index is 0.850. The number of hydrogen-bond donors (Lipinski definition) is 0. The molecule has 0 unspecified atom stereocenters. The van der Waals surface area contributed by atoms with E-state index in [2.05, 4.69) is 34.0 Å². The maximum absolute atomic E-state index is 4.64. The van der Waals surface area contributed by atoms with Gasteiger partial charge in [0.25, 0.3) is 0 Å². The van der Waals surface area contributed by atoms with Crippen LogP contribution in [-0.2, 0) is 6.54 Å². The average Bonchev–Trinajstić information content (AvgIpc) is 2.84. The number of aromatic nitrogens is 2. The Morgan fingerprint density at radius 2 is 1.89 bits per heavy atom. The summed E-state index contributed by atoms with van der Waals surface area (Å²) < 4.78 is 1.23. The second kappa shape index (κ2) is 4.74. The molecule has 4 heteroatoms. The van der Waals surface area contributed by atoms with E-state index < -0.39 is 0 Å². The number of benzene rings is 1. The van der Waals surface area contributed by atoms with E-state index in [9.17, 15) is 0 Å². The van der Waals surface area contributed by atoms with E-state index in [0.717, 1.165) is 17.2 Å². The highest BCUT2D eigenvalue weighted by Crippen LogP contribution is 2.28. The Balaban J connectivity index is 1.86. The number of pyridine rings is 1. The fraction of sp³-hybridized carbons (Fsp3) is 0.143. The van der Waals surface area contributed by atoms with Crippen LogP contribution in [0.3, 0.4) is 0 Å². The van der Waals surface area contributed by atoms with Gasteiger partial charge in [-0.25, -0.2) is 4.98 Å². The normalized spacial score (nSPS) is 10.7. The molecule has 0 aliphatic heterocycles. The summed E-state index contributed by atoms with van der Waals surface area (Å²) in [6.45, 7) is 0.850. The van der Waals surface area contributed by atoms with Crippen LogP contribution in [-0.4, -0.2) is 17.0 Å². The zero-order valence-corrected chi connectivity index (χ0v) is 10.9. The van der Waals surface area contributed by atoms with Crippen molar-refractivity contribution in [2.45, 2.75) is 6.54 Å². The zero-order valence-electron chi connectivity index (χ0n) is 10.1. The molecule has 0 atom stereocenters. The van der Waals surface area contributed by atoms with Crippen LogP contribution in [0, 0.1) is 0 Å². The molecular formula is C14H13N3S. The SMILES string of the molecule is CN(Cc1ccncc1)c1nc2ccccc2s1. The molecule has 0 aliphatic rings. The summed E-state index contributed by atoms with van der Waals surface area (Å²) in [7, 11) is 2.07. The molecule has 0 bridgehead atoms. The number of thiazole rings is 1. The molecule has 90 valence electrons. The Bertz CT molecular complexity index is 615. The first-order chi connectivity index (χ1) is 8.83. The minimum atomic E-state index is 0.850. The molecule has 3 aromatic rings. The van der Waals surface area contributed by atoms with Crippen molar-refractivity contribution < 1.29 is 0 Å². The van der Waals surface area contributed by atoms with Crippen molar-refractivity contribution in [1.29, 1.82) is 0 Å². The van der Waals surface area contributed by atoms with Crippen molar-refractivity contribution in [1.82, 2.24) is 9.97 Å². The third-order valence-corrected chi connectivity index (χ3v) is 3.93. The van der Waals surface area contributed by atoms with Gasteiger partial charge in [0.15, 0.2) is 5.13 Å². The first kappa shape index (κ1) is 11.2. The van der Waals surface area contributed by atoms with Crippen LogP contribution in [0.5, 0.6) is 0 Å². The largest absolute Gasteiger partial charge is 0.347 e. The molecule has 2 aromatic heterocycles. The number of rotatable bonds is 3. The van der Waals surface area contributed by atoms with Gasteiger partial charge >= 0.3 is 0 Å². The van der Waals surface area contributed by atoms with E-state index in [-0.39, 0.29) is 0 Å². The summed E-state index contributed by atoms with van der Waals surface area (Å²) in [6.07, 6.45) is 3.64. The number of nitrogens with zero attached hydrogens (tertiary/aromatic N) is 3. The third-order valence-electron chi connectivity index (χ3n) is 2.78. The second-order valence-electron chi connectivity index (χ2n) is 4.18. The van der Waals surface area contributed by atoms with Gasteiger partial charge in [0, 0.05) is 26.0 Å². The van der Waals surface area contributed by atoms with Crippen LogP contribution in [0.1, 0.15) is 5.56 Å². The van der Waals surface area contributed by atoms with E-state index in [4.69, 9.17) is 0 Å². The molecule has 18 heavy (non-hydrogen) atoms. The van der Waals surface area contributed by atoms with Crippen LogP contribution in [0.2, 0.25) is 0 Å². The smallest absolute Gasteiger partial charge is 0.186 e. The van der Waals surface area contributed by atoms with Gasteiger partial charge in [0.2, 0.25) is 0 Å². The summed E-state index contributed by atoms with van der Waals surface area (Å²) in [5.74, 6) is 0. The summed E-state index contributed by atoms with van der Waals surface area (Å²) in [6, 6.07) is 12.3. The predicted molar refractivity (Wildman–Crippen MR) is 76.0 cm³/mol. The van der Waals surface area contributed by atoms with E-state index in [1.165, 1.54) is 10.3 Å². The van der Waals surface area contributed by atoms with E-state index >= 15 is 0 Å². The quantitative estimate of drug-likeness (QED) is 0.719. The Labute approximate surface area is 110 Å². The van der Waals surface area contributed by atoms with Gasteiger partial charge < -0.3 is 4.90 Å². The Kier molecular flexibility index (Phi) is 2.94. The maximum Gasteiger partial charge on any atom is 0.186 e. The summed E-state index contributed by atoms with van der Waals surface area (Å²) in [4.78, 5) is 10.8. The third kappa shape index (κ3) is 2.19. The lowest BCUT2D eigenvalue weighted by atomic mass is 10.2. The van der Waals surface area contributed by atoms with Crippen molar-refractivity contribution in [2.24, 2.45) is 0 Å². The highest BCUT2D eigenvalue weighted by molar-refractivity contribution is 7.22. The van der Waals surface area contributed by atoms with Crippen molar-refractivity contribution >= 4 is 26.7 Å². The highest BCUT2D eigenvalue weighted by atomic mass is 32.1. The predicted octanol–water partition coefficient (Wildman–Crippen LogP) is 3.33. The number of hydrogen-bond acceptors (Lipinski definition) is 4. The molecule has 0 aliphatic carbocycles. The van der Waals surface area contributed by atoms with Crippen molar-refractivity contribution in [3.63, 3.8) is 0 Å².